The van der Waals surface area contributed by atoms with Gasteiger partial charge in [0.15, 0.2) is 0 Å². The second kappa shape index (κ2) is 8.70. The molecular formula is C22H29N6O3S+. The van der Waals surface area contributed by atoms with Gasteiger partial charge in [-0.1, -0.05) is 0 Å². The number of aromatic nitrogens is 2. The topological polar surface area (TPSA) is 112 Å². The van der Waals surface area contributed by atoms with E-state index in [2.05, 4.69) is 44.8 Å². The zero-order valence-electron chi connectivity index (χ0n) is 18.5. The van der Waals surface area contributed by atoms with Crippen LogP contribution in [0.5, 0.6) is 0 Å². The van der Waals surface area contributed by atoms with Gasteiger partial charge in [-0.15, -0.1) is 0 Å². The monoisotopic (exact) mass is 457 g/mol. The Balaban J connectivity index is 1.45. The highest BCUT2D eigenvalue weighted by Gasteiger charge is 2.29. The van der Waals surface area contributed by atoms with Gasteiger partial charge in [0.25, 0.3) is 11.7 Å². The number of piperazine rings is 1. The summed E-state index contributed by atoms with van der Waals surface area (Å²) in [6, 6.07) is 11.3. The van der Waals surface area contributed by atoms with E-state index in [1.54, 1.807) is 24.3 Å². The van der Waals surface area contributed by atoms with E-state index in [4.69, 9.17) is 0 Å². The summed E-state index contributed by atoms with van der Waals surface area (Å²) in [5.41, 5.74) is 2.81. The van der Waals surface area contributed by atoms with Crippen LogP contribution in [0.3, 0.4) is 0 Å². The Bertz CT molecular complexity index is 1230. The molecule has 2 aromatic heterocycles. The molecule has 1 fully saturated rings. The first-order valence-electron chi connectivity index (χ1n) is 10.6. The Morgan fingerprint density at radius 1 is 1.12 bits per heavy atom. The van der Waals surface area contributed by atoms with Crippen LogP contribution >= 0.6 is 0 Å². The van der Waals surface area contributed by atoms with Gasteiger partial charge in [-0.25, -0.2) is 13.4 Å². The molecule has 3 aromatic rings. The molecule has 1 amide bonds. The van der Waals surface area contributed by atoms with E-state index in [0.717, 1.165) is 41.8 Å². The van der Waals surface area contributed by atoms with E-state index in [1.165, 1.54) is 0 Å². The van der Waals surface area contributed by atoms with Crippen LogP contribution in [0, 0.1) is 0 Å². The predicted octanol–water partition coefficient (Wildman–Crippen LogP) is 2.14. The number of hydrogen-bond donors (Lipinski definition) is 3. The van der Waals surface area contributed by atoms with Gasteiger partial charge in [0, 0.05) is 22.6 Å². The van der Waals surface area contributed by atoms with Crippen molar-refractivity contribution in [1.29, 1.82) is 0 Å². The smallest absolute Gasteiger partial charge is 0.298 e. The largest absolute Gasteiger partial charge is 0.376 e. The molecule has 1 saturated heterocycles. The van der Waals surface area contributed by atoms with Crippen molar-refractivity contribution in [3.05, 3.63) is 48.3 Å². The van der Waals surface area contributed by atoms with Crippen molar-refractivity contribution < 1.29 is 18.2 Å². The molecule has 0 spiro atoms. The molecule has 10 heteroatoms. The van der Waals surface area contributed by atoms with Crippen LogP contribution in [0.25, 0.3) is 10.9 Å². The van der Waals surface area contributed by atoms with E-state index in [-0.39, 0.29) is 5.91 Å². The molecule has 32 heavy (non-hydrogen) atoms. The van der Waals surface area contributed by atoms with E-state index in [9.17, 15) is 13.2 Å². The summed E-state index contributed by atoms with van der Waals surface area (Å²) in [4.78, 5) is 23.7. The van der Waals surface area contributed by atoms with Crippen molar-refractivity contribution in [1.82, 2.24) is 9.88 Å². The number of carbonyl (C=O) groups excluding carboxylic acids is 1. The number of amides is 1. The fraction of sp³-hybridized carbons (Fsp3) is 0.364. The molecule has 1 aliphatic heterocycles. The average molecular weight is 458 g/mol. The molecular weight excluding hydrogens is 428 g/mol. The number of sulfonamides is 1. The van der Waals surface area contributed by atoms with Crippen molar-refractivity contribution in [2.75, 3.05) is 47.4 Å². The lowest BCUT2D eigenvalue weighted by Crippen LogP contribution is -2.50. The SMILES string of the molecule is CC(C)Nc1ccc[nH+]c1N1CCN(C(=O)c2cc3cc(NS(C)(=O)=O)ccc3[nH]2)CC1. The van der Waals surface area contributed by atoms with Crippen molar-refractivity contribution in [2.24, 2.45) is 0 Å². The van der Waals surface area contributed by atoms with Gasteiger partial charge < -0.3 is 15.2 Å². The third-order valence-corrected chi connectivity index (χ3v) is 5.92. The normalized spacial score (nSPS) is 14.8. The van der Waals surface area contributed by atoms with Crippen LogP contribution in [0.15, 0.2) is 42.6 Å². The number of pyridine rings is 1. The Morgan fingerprint density at radius 2 is 1.88 bits per heavy atom. The Morgan fingerprint density at radius 3 is 2.56 bits per heavy atom. The maximum Gasteiger partial charge on any atom is 0.298 e. The molecule has 4 N–H and O–H groups in total. The Kier molecular flexibility index (Phi) is 5.96. The number of benzene rings is 1. The number of aromatic amines is 2. The number of anilines is 3. The summed E-state index contributed by atoms with van der Waals surface area (Å²) in [5, 5.41) is 4.24. The first-order chi connectivity index (χ1) is 15.2. The van der Waals surface area contributed by atoms with E-state index in [1.807, 2.05) is 17.2 Å². The number of rotatable bonds is 6. The molecule has 9 nitrogen and oxygen atoms in total. The highest BCUT2D eigenvalue weighted by Crippen LogP contribution is 2.24. The number of nitrogens with one attached hydrogen (secondary N) is 4. The highest BCUT2D eigenvalue weighted by molar-refractivity contribution is 7.92. The van der Waals surface area contributed by atoms with Crippen molar-refractivity contribution >= 4 is 44.0 Å². The van der Waals surface area contributed by atoms with Gasteiger partial charge >= 0.3 is 0 Å². The fourth-order valence-corrected chi connectivity index (χ4v) is 4.50. The van der Waals surface area contributed by atoms with Gasteiger partial charge in [-0.2, -0.15) is 0 Å². The van der Waals surface area contributed by atoms with Crippen LogP contribution < -0.4 is 19.9 Å². The van der Waals surface area contributed by atoms with Gasteiger partial charge in [-0.05, 0) is 50.2 Å². The lowest BCUT2D eigenvalue weighted by molar-refractivity contribution is -0.363. The van der Waals surface area contributed by atoms with Crippen LogP contribution in [0.4, 0.5) is 17.2 Å². The summed E-state index contributed by atoms with van der Waals surface area (Å²) in [6.07, 6.45) is 3.02. The van der Waals surface area contributed by atoms with Crippen LogP contribution in [-0.4, -0.2) is 62.7 Å². The first kappa shape index (κ1) is 21.9. The second-order valence-electron chi connectivity index (χ2n) is 8.37. The maximum absolute atomic E-state index is 13.1. The molecule has 170 valence electrons. The minimum Gasteiger partial charge on any atom is -0.376 e. The third-order valence-electron chi connectivity index (χ3n) is 5.32. The summed E-state index contributed by atoms with van der Waals surface area (Å²) in [7, 11) is -3.36. The molecule has 1 aromatic carbocycles. The van der Waals surface area contributed by atoms with Gasteiger partial charge in [0.1, 0.15) is 24.5 Å². The molecule has 0 saturated carbocycles. The average Bonchev–Trinajstić information content (AvgIpc) is 3.15. The highest BCUT2D eigenvalue weighted by atomic mass is 32.2. The maximum atomic E-state index is 13.1. The lowest BCUT2D eigenvalue weighted by Gasteiger charge is -2.31. The van der Waals surface area contributed by atoms with Crippen molar-refractivity contribution in [2.45, 2.75) is 19.9 Å². The zero-order valence-corrected chi connectivity index (χ0v) is 19.3. The minimum absolute atomic E-state index is 0.0592. The molecule has 0 unspecified atom stereocenters. The standard InChI is InChI=1S/C22H28N6O3S/c1-15(2)24-19-5-4-8-23-21(19)27-9-11-28(12-10-27)22(29)20-14-16-13-17(26-32(3,30)31)6-7-18(16)25-20/h4-8,13-15,24-26H,9-12H2,1-3H3/p+1. The molecule has 1 aliphatic rings. The van der Waals surface area contributed by atoms with E-state index in [0.29, 0.717) is 30.5 Å². The summed E-state index contributed by atoms with van der Waals surface area (Å²) < 4.78 is 25.4. The predicted molar refractivity (Wildman–Crippen MR) is 127 cm³/mol. The first-order valence-corrected chi connectivity index (χ1v) is 12.5. The van der Waals surface area contributed by atoms with Gasteiger partial charge in [0.05, 0.1) is 25.5 Å². The molecule has 3 heterocycles. The molecule has 0 radical (unpaired) electrons. The van der Waals surface area contributed by atoms with E-state index < -0.39 is 10.0 Å². The number of fused-ring (bicyclic) bond motifs is 1. The Hall–Kier alpha value is -3.27. The van der Waals surface area contributed by atoms with Crippen molar-refractivity contribution in [3.8, 4) is 0 Å². The van der Waals surface area contributed by atoms with Crippen LogP contribution in [0.2, 0.25) is 0 Å². The van der Waals surface area contributed by atoms with Crippen LogP contribution in [0.1, 0.15) is 24.3 Å². The van der Waals surface area contributed by atoms with Gasteiger partial charge in [-0.3, -0.25) is 14.4 Å². The summed E-state index contributed by atoms with van der Waals surface area (Å²) >= 11 is 0. The molecule has 0 bridgehead atoms. The second-order valence-corrected chi connectivity index (χ2v) is 10.1. The molecule has 0 aliphatic carbocycles. The number of hydrogen-bond acceptors (Lipinski definition) is 5. The van der Waals surface area contributed by atoms with Crippen molar-refractivity contribution in [3.63, 3.8) is 0 Å². The zero-order chi connectivity index (χ0) is 22.9. The fourth-order valence-electron chi connectivity index (χ4n) is 3.95. The minimum atomic E-state index is -3.36. The number of carbonyl (C=O) groups is 1. The van der Waals surface area contributed by atoms with Gasteiger partial charge in [0.2, 0.25) is 10.0 Å². The lowest BCUT2D eigenvalue weighted by atomic mass is 10.2. The van der Waals surface area contributed by atoms with E-state index >= 15 is 0 Å². The summed E-state index contributed by atoms with van der Waals surface area (Å²) in [6.45, 7) is 6.88. The quantitative estimate of drug-likeness (QED) is 0.525. The molecule has 0 atom stereocenters. The summed E-state index contributed by atoms with van der Waals surface area (Å²) in [5.74, 6) is 0.973. The Labute approximate surface area is 187 Å². The van der Waals surface area contributed by atoms with Crippen LogP contribution in [-0.2, 0) is 10.0 Å². The number of nitrogens with zero attached hydrogens (tertiary/aromatic N) is 2. The molecule has 4 rings (SSSR count). The number of H-pyrrole nitrogens is 2. The third kappa shape index (κ3) is 4.96.